The molecule has 5 aromatic carbocycles. The lowest BCUT2D eigenvalue weighted by molar-refractivity contribution is 1.07. The van der Waals surface area contributed by atoms with Gasteiger partial charge >= 0.3 is 0 Å². The van der Waals surface area contributed by atoms with Crippen molar-refractivity contribution in [1.29, 1.82) is 0 Å². The maximum atomic E-state index is 3.63. The molecule has 1 aromatic heterocycles. The Balaban J connectivity index is 1.46. The van der Waals surface area contributed by atoms with Crippen LogP contribution in [0, 0.1) is 0 Å². The van der Waals surface area contributed by atoms with Crippen LogP contribution in [0.1, 0.15) is 5.56 Å². The Kier molecular flexibility index (Phi) is 3.22. The Morgan fingerprint density at radius 2 is 1.36 bits per heavy atom. The van der Waals surface area contributed by atoms with Gasteiger partial charge in [0, 0.05) is 34.4 Å². The largest absolute Gasteiger partial charge is 0.380 e. The zero-order valence-electron chi connectivity index (χ0n) is 18.0. The summed E-state index contributed by atoms with van der Waals surface area (Å²) in [5.41, 5.74) is 13.0. The summed E-state index contributed by atoms with van der Waals surface area (Å²) in [6.07, 6.45) is 0. The van der Waals surface area contributed by atoms with Gasteiger partial charge in [-0.3, -0.25) is 0 Å². The monoisotopic (exact) mass is 420 g/mol. The third-order valence-electron chi connectivity index (χ3n) is 7.36. The van der Waals surface area contributed by atoms with Gasteiger partial charge < -0.3 is 9.88 Å². The molecule has 6 aromatic rings. The number of nitrogens with one attached hydrogen (secondary N) is 1. The van der Waals surface area contributed by atoms with E-state index in [1.165, 1.54) is 72.1 Å². The summed E-state index contributed by atoms with van der Waals surface area (Å²) >= 11 is 0. The summed E-state index contributed by atoms with van der Waals surface area (Å²) in [6, 6.07) is 37.8. The van der Waals surface area contributed by atoms with Gasteiger partial charge in [0.15, 0.2) is 0 Å². The van der Waals surface area contributed by atoms with Gasteiger partial charge in [-0.05, 0) is 57.3 Å². The van der Waals surface area contributed by atoms with Gasteiger partial charge in [0.05, 0.1) is 11.2 Å². The van der Waals surface area contributed by atoms with Crippen molar-refractivity contribution in [2.45, 2.75) is 6.54 Å². The number of fused-ring (bicyclic) bond motifs is 8. The molecule has 1 aliphatic heterocycles. The van der Waals surface area contributed by atoms with Crippen LogP contribution in [-0.2, 0) is 6.54 Å². The lowest BCUT2D eigenvalue weighted by Crippen LogP contribution is -2.09. The molecule has 0 saturated heterocycles. The van der Waals surface area contributed by atoms with Crippen LogP contribution in [0.4, 0.5) is 5.69 Å². The van der Waals surface area contributed by atoms with Crippen LogP contribution in [0.2, 0.25) is 0 Å². The fraction of sp³-hybridized carbons (Fsp3) is 0.0323. The van der Waals surface area contributed by atoms with E-state index in [4.69, 9.17) is 0 Å². The Bertz CT molecular complexity index is 1760. The molecule has 2 heteroatoms. The van der Waals surface area contributed by atoms with E-state index in [0.717, 1.165) is 6.54 Å². The number of rotatable bonds is 1. The number of anilines is 1. The number of hydrogen-bond acceptors (Lipinski definition) is 1. The van der Waals surface area contributed by atoms with Gasteiger partial charge in [-0.2, -0.15) is 0 Å². The smallest absolute Gasteiger partial charge is 0.0611 e. The Morgan fingerprint density at radius 3 is 2.27 bits per heavy atom. The fourth-order valence-corrected chi connectivity index (χ4v) is 5.98. The molecule has 0 radical (unpaired) electrons. The predicted molar refractivity (Wildman–Crippen MR) is 138 cm³/mol. The van der Waals surface area contributed by atoms with Crippen molar-refractivity contribution in [2.24, 2.45) is 0 Å². The summed E-state index contributed by atoms with van der Waals surface area (Å²) in [5.74, 6) is 0. The van der Waals surface area contributed by atoms with Crippen LogP contribution < -0.4 is 5.32 Å². The highest BCUT2D eigenvalue weighted by atomic mass is 15.0. The van der Waals surface area contributed by atoms with Crippen molar-refractivity contribution < 1.29 is 0 Å². The van der Waals surface area contributed by atoms with Crippen molar-refractivity contribution in [3.63, 3.8) is 0 Å². The second kappa shape index (κ2) is 6.14. The normalized spacial score (nSPS) is 13.0. The minimum Gasteiger partial charge on any atom is -0.380 e. The first-order valence-electron chi connectivity index (χ1n) is 11.5. The molecule has 2 heterocycles. The minimum absolute atomic E-state index is 0.843. The molecular formula is C31H20N2. The van der Waals surface area contributed by atoms with E-state index in [-0.39, 0.29) is 0 Å². The lowest BCUT2D eigenvalue weighted by Gasteiger charge is -2.22. The molecule has 0 amide bonds. The Morgan fingerprint density at radius 1 is 0.606 bits per heavy atom. The van der Waals surface area contributed by atoms with Crippen LogP contribution in [0.3, 0.4) is 0 Å². The van der Waals surface area contributed by atoms with Crippen LogP contribution in [-0.4, -0.2) is 4.57 Å². The average molecular weight is 421 g/mol. The zero-order valence-corrected chi connectivity index (χ0v) is 18.0. The number of benzene rings is 5. The van der Waals surface area contributed by atoms with E-state index >= 15 is 0 Å². The first kappa shape index (κ1) is 17.3. The molecule has 2 aliphatic rings. The highest BCUT2D eigenvalue weighted by Gasteiger charge is 2.26. The molecular weight excluding hydrogens is 400 g/mol. The average Bonchev–Trinajstić information content (AvgIpc) is 3.39. The number of hydrogen-bond donors (Lipinski definition) is 1. The molecule has 0 atom stereocenters. The van der Waals surface area contributed by atoms with Crippen molar-refractivity contribution in [3.05, 3.63) is 109 Å². The first-order valence-corrected chi connectivity index (χ1v) is 11.5. The molecule has 154 valence electrons. The van der Waals surface area contributed by atoms with Gasteiger partial charge in [-0.15, -0.1) is 0 Å². The minimum atomic E-state index is 0.843. The molecule has 0 unspecified atom stereocenters. The third-order valence-corrected chi connectivity index (χ3v) is 7.36. The molecule has 0 spiro atoms. The van der Waals surface area contributed by atoms with E-state index in [1.807, 2.05) is 0 Å². The molecule has 1 aliphatic carbocycles. The van der Waals surface area contributed by atoms with Crippen LogP contribution in [0.15, 0.2) is 103 Å². The summed E-state index contributed by atoms with van der Waals surface area (Å²) in [6.45, 7) is 0.843. The lowest BCUT2D eigenvalue weighted by atomic mass is 9.99. The van der Waals surface area contributed by atoms with Gasteiger partial charge in [0.25, 0.3) is 0 Å². The van der Waals surface area contributed by atoms with E-state index in [2.05, 4.69) is 113 Å². The quantitative estimate of drug-likeness (QED) is 0.284. The zero-order chi connectivity index (χ0) is 21.5. The van der Waals surface area contributed by atoms with E-state index < -0.39 is 0 Å². The molecule has 0 bridgehead atoms. The van der Waals surface area contributed by atoms with Gasteiger partial charge in [-0.25, -0.2) is 0 Å². The van der Waals surface area contributed by atoms with E-state index in [1.54, 1.807) is 0 Å². The predicted octanol–water partition coefficient (Wildman–Crippen LogP) is 8.02. The van der Waals surface area contributed by atoms with E-state index in [0.29, 0.717) is 0 Å². The van der Waals surface area contributed by atoms with Crippen molar-refractivity contribution in [3.8, 4) is 39.2 Å². The molecule has 1 N–H and O–H groups in total. The maximum absolute atomic E-state index is 3.63. The highest BCUT2D eigenvalue weighted by molar-refractivity contribution is 6.15. The van der Waals surface area contributed by atoms with Crippen LogP contribution in [0.25, 0.3) is 60.9 Å². The maximum Gasteiger partial charge on any atom is 0.0611 e. The molecule has 33 heavy (non-hydrogen) atoms. The Hall–Kier alpha value is -4.30. The summed E-state index contributed by atoms with van der Waals surface area (Å²) in [7, 11) is 0. The first-order chi connectivity index (χ1) is 16.4. The third kappa shape index (κ3) is 2.18. The van der Waals surface area contributed by atoms with Gasteiger partial charge in [0.2, 0.25) is 0 Å². The topological polar surface area (TPSA) is 17.0 Å². The summed E-state index contributed by atoms with van der Waals surface area (Å²) in [4.78, 5) is 0. The molecule has 8 rings (SSSR count). The molecule has 2 nitrogen and oxygen atoms in total. The van der Waals surface area contributed by atoms with Gasteiger partial charge in [0.1, 0.15) is 0 Å². The van der Waals surface area contributed by atoms with Crippen molar-refractivity contribution in [1.82, 2.24) is 4.57 Å². The SMILES string of the molecule is c1ccc2c(c1)NCc1c-2n(-c2ccc3c(c2)-c2cccc4cccc-3c24)c2ccccc12. The van der Waals surface area contributed by atoms with Crippen LogP contribution in [0.5, 0.6) is 0 Å². The second-order valence-corrected chi connectivity index (χ2v) is 9.02. The second-order valence-electron chi connectivity index (χ2n) is 9.02. The van der Waals surface area contributed by atoms with Crippen molar-refractivity contribution >= 4 is 27.4 Å². The van der Waals surface area contributed by atoms with Crippen LogP contribution >= 0.6 is 0 Å². The molecule has 0 fully saturated rings. The fourth-order valence-electron chi connectivity index (χ4n) is 5.98. The summed E-state index contributed by atoms with van der Waals surface area (Å²) in [5, 5.41) is 7.64. The number of nitrogens with zero attached hydrogens (tertiary/aromatic N) is 1. The number of para-hydroxylation sites is 2. The van der Waals surface area contributed by atoms with Crippen molar-refractivity contribution in [2.75, 3.05) is 5.32 Å². The standard InChI is InChI=1S/C31H20N2/c1-3-13-28-25(10-1)31-27(18-32-28)22-9-2-4-14-29(22)33(31)20-15-16-21-23-11-5-7-19-8-6-12-24(30(19)23)26(21)17-20/h1-17,32H,18H2. The van der Waals surface area contributed by atoms with E-state index in [9.17, 15) is 0 Å². The number of aromatic nitrogens is 1. The highest BCUT2D eigenvalue weighted by Crippen LogP contribution is 2.49. The van der Waals surface area contributed by atoms with Gasteiger partial charge in [-0.1, -0.05) is 78.9 Å². The summed E-state index contributed by atoms with van der Waals surface area (Å²) < 4.78 is 2.47. The Labute approximate surface area is 191 Å². The molecule has 0 saturated carbocycles.